The molecule has 0 aliphatic heterocycles. The summed E-state index contributed by atoms with van der Waals surface area (Å²) in [5, 5.41) is 8.34. The molecule has 0 saturated carbocycles. The Hall–Kier alpha value is -2.19. The Labute approximate surface area is 556 Å². The van der Waals surface area contributed by atoms with Gasteiger partial charge in [0.15, 0.2) is 0 Å². The topological polar surface area (TPSA) is 279 Å². The highest BCUT2D eigenvalue weighted by molar-refractivity contribution is 5.80. The van der Waals surface area contributed by atoms with Crippen molar-refractivity contribution in [2.45, 2.75) is 66.5 Å². The van der Waals surface area contributed by atoms with E-state index >= 15 is 0 Å². The number of aromatic nitrogens is 3. The van der Waals surface area contributed by atoms with Crippen molar-refractivity contribution in [2.75, 3.05) is 324 Å². The molecule has 29 heteroatoms. The molecule has 1 aromatic heterocycles. The average molecular weight is 1350 g/mol. The van der Waals surface area contributed by atoms with Gasteiger partial charge in [-0.3, -0.25) is 9.48 Å². The summed E-state index contributed by atoms with van der Waals surface area (Å²) in [6.07, 6.45) is 5.95. The summed E-state index contributed by atoms with van der Waals surface area (Å²) in [6, 6.07) is 0. The predicted octanol–water partition coefficient (Wildman–Crippen LogP) is 3.63. The van der Waals surface area contributed by atoms with Crippen molar-refractivity contribution in [2.24, 2.45) is 11.8 Å². The smallest absolute Gasteiger partial charge is 0.137 e. The Balaban J connectivity index is 1.60. The SMILES string of the molecule is CC(C)CCCCn1cc(COCCOCCOCCOCCOCCOCCOCCOCCOCCOCCOCCOCCOCCOCCOCCOCCOCCOCCOCCOCCOCCOCCOCCOCCOCCC(=O)C(C)C)nn1. The Morgan fingerprint density at radius 1 is 0.290 bits per heavy atom. The lowest BCUT2D eigenvalue weighted by Crippen LogP contribution is -2.16. The second-order valence-electron chi connectivity index (χ2n) is 21.0. The molecule has 0 amide bonds. The van der Waals surface area contributed by atoms with Crippen LogP contribution < -0.4 is 0 Å². The van der Waals surface area contributed by atoms with Gasteiger partial charge in [-0.1, -0.05) is 45.7 Å². The summed E-state index contributed by atoms with van der Waals surface area (Å²) >= 11 is 0. The molecule has 0 atom stereocenters. The van der Waals surface area contributed by atoms with Crippen LogP contribution in [-0.2, 0) is 136 Å². The number of carbonyl (C=O) groups is 1. The zero-order valence-electron chi connectivity index (χ0n) is 57.6. The van der Waals surface area contributed by atoms with E-state index in [2.05, 4.69) is 24.2 Å². The predicted molar refractivity (Wildman–Crippen MR) is 342 cm³/mol. The highest BCUT2D eigenvalue weighted by atomic mass is 16.6. The number of nitrogens with zero attached hydrogens (tertiary/aromatic N) is 3. The zero-order chi connectivity index (χ0) is 66.6. The summed E-state index contributed by atoms with van der Waals surface area (Å²) in [5.41, 5.74) is 0.835. The Morgan fingerprint density at radius 3 is 0.677 bits per heavy atom. The highest BCUT2D eigenvalue weighted by Gasteiger charge is 2.07. The molecule has 93 heavy (non-hydrogen) atoms. The monoisotopic (exact) mass is 1350 g/mol. The number of hydrogen-bond donors (Lipinski definition) is 0. The van der Waals surface area contributed by atoms with E-state index < -0.39 is 0 Å². The minimum absolute atomic E-state index is 0.0499. The second kappa shape index (κ2) is 77.2. The first-order valence-corrected chi connectivity index (χ1v) is 33.8. The fraction of sp³-hybridized carbons (Fsp3) is 0.953. The van der Waals surface area contributed by atoms with Crippen molar-refractivity contribution in [3.05, 3.63) is 11.9 Å². The highest BCUT2D eigenvalue weighted by Crippen LogP contribution is 2.08. The van der Waals surface area contributed by atoms with Crippen LogP contribution in [0.1, 0.15) is 59.1 Å². The van der Waals surface area contributed by atoms with E-state index in [9.17, 15) is 4.79 Å². The van der Waals surface area contributed by atoms with E-state index in [-0.39, 0.29) is 11.7 Å². The number of rotatable bonds is 83. The van der Waals surface area contributed by atoms with Crippen LogP contribution in [0, 0.1) is 11.8 Å². The molecule has 552 valence electrons. The molecule has 0 N–H and O–H groups in total. The first-order valence-electron chi connectivity index (χ1n) is 33.8. The summed E-state index contributed by atoms with van der Waals surface area (Å²) < 4.78 is 140. The molecule has 0 spiro atoms. The molecule has 0 unspecified atom stereocenters. The van der Waals surface area contributed by atoms with Crippen molar-refractivity contribution in [1.29, 1.82) is 0 Å². The maximum absolute atomic E-state index is 11.5. The standard InChI is InChI=1S/C64H125N3O26/c1-61(2)7-5-6-9-67-59-63(65-66-67)60-93-58-57-92-56-55-91-54-53-90-52-51-89-50-49-88-48-47-87-46-45-86-44-43-85-42-41-84-40-39-83-38-37-82-36-35-81-34-33-80-32-31-79-30-29-78-28-27-77-26-25-76-24-23-75-22-21-74-20-19-73-18-17-72-16-15-71-14-13-70-12-11-69-10-8-64(68)62(3)4/h59,61-62H,5-58,60H2,1-4H3. The van der Waals surface area contributed by atoms with Gasteiger partial charge in [0.1, 0.15) is 11.5 Å². The lowest BCUT2D eigenvalue weighted by atomic mass is 10.1. The molecule has 1 heterocycles. The van der Waals surface area contributed by atoms with Crippen LogP contribution in [0.4, 0.5) is 0 Å². The number of carbonyl (C=O) groups excluding carboxylic acids is 1. The third-order valence-electron chi connectivity index (χ3n) is 12.3. The molecule has 0 saturated heterocycles. The van der Waals surface area contributed by atoms with Gasteiger partial charge in [0.05, 0.1) is 337 Å². The van der Waals surface area contributed by atoms with Crippen LogP contribution >= 0.6 is 0 Å². The third kappa shape index (κ3) is 73.9. The summed E-state index contributed by atoms with van der Waals surface area (Å²) in [5.74, 6) is 1.000. The van der Waals surface area contributed by atoms with E-state index in [1.54, 1.807) is 0 Å². The maximum Gasteiger partial charge on any atom is 0.137 e. The van der Waals surface area contributed by atoms with Crippen LogP contribution in [0.15, 0.2) is 6.20 Å². The van der Waals surface area contributed by atoms with E-state index in [0.29, 0.717) is 337 Å². The lowest BCUT2D eigenvalue weighted by Gasteiger charge is -2.09. The van der Waals surface area contributed by atoms with Crippen molar-refractivity contribution in [1.82, 2.24) is 15.0 Å². The fourth-order valence-electron chi connectivity index (χ4n) is 7.26. The lowest BCUT2D eigenvalue weighted by molar-refractivity contribution is -0.123. The minimum Gasteiger partial charge on any atom is -0.379 e. The Bertz CT molecular complexity index is 1590. The Morgan fingerprint density at radius 2 is 0.484 bits per heavy atom. The molecule has 0 aromatic carbocycles. The van der Waals surface area contributed by atoms with E-state index in [4.69, 9.17) is 118 Å². The first kappa shape index (κ1) is 88.8. The van der Waals surface area contributed by atoms with Gasteiger partial charge in [-0.15, -0.1) is 5.10 Å². The summed E-state index contributed by atoms with van der Waals surface area (Å²) in [4.78, 5) is 11.5. The van der Waals surface area contributed by atoms with Crippen LogP contribution in [0.2, 0.25) is 0 Å². The number of hydrogen-bond acceptors (Lipinski definition) is 28. The van der Waals surface area contributed by atoms with Crippen molar-refractivity contribution in [3.8, 4) is 0 Å². The van der Waals surface area contributed by atoms with Crippen LogP contribution in [0.25, 0.3) is 0 Å². The molecule has 1 aromatic rings. The normalized spacial score (nSPS) is 11.9. The molecule has 1 rings (SSSR count). The zero-order valence-corrected chi connectivity index (χ0v) is 57.6. The minimum atomic E-state index is 0.0499. The van der Waals surface area contributed by atoms with Crippen LogP contribution in [-0.4, -0.2) is 345 Å². The molecule has 0 aliphatic carbocycles. The van der Waals surface area contributed by atoms with E-state index in [0.717, 1.165) is 24.6 Å². The third-order valence-corrected chi connectivity index (χ3v) is 12.3. The van der Waals surface area contributed by atoms with Crippen molar-refractivity contribution in [3.63, 3.8) is 0 Å². The molecule has 0 fully saturated rings. The molecule has 29 nitrogen and oxygen atoms in total. The summed E-state index contributed by atoms with van der Waals surface area (Å²) in [7, 11) is 0. The number of Topliss-reactive ketones (excluding diaryl/α,β-unsaturated/α-hetero) is 1. The number of ether oxygens (including phenoxy) is 25. The van der Waals surface area contributed by atoms with Gasteiger partial charge in [-0.2, -0.15) is 0 Å². The molecular formula is C64H125N3O26. The van der Waals surface area contributed by atoms with Crippen LogP contribution in [0.5, 0.6) is 0 Å². The molecule has 0 aliphatic rings. The van der Waals surface area contributed by atoms with E-state index in [1.807, 2.05) is 24.7 Å². The molecular weight excluding hydrogens is 1230 g/mol. The van der Waals surface area contributed by atoms with Crippen molar-refractivity contribution >= 4 is 5.78 Å². The van der Waals surface area contributed by atoms with Gasteiger partial charge in [0.2, 0.25) is 0 Å². The largest absolute Gasteiger partial charge is 0.379 e. The number of unbranched alkanes of at least 4 members (excludes halogenated alkanes) is 1. The second-order valence-corrected chi connectivity index (χ2v) is 21.0. The number of aryl methyl sites for hydroxylation is 1. The van der Waals surface area contributed by atoms with Gasteiger partial charge in [0, 0.05) is 18.9 Å². The fourth-order valence-corrected chi connectivity index (χ4v) is 7.26. The van der Waals surface area contributed by atoms with Gasteiger partial charge in [-0.05, 0) is 12.3 Å². The molecule has 0 radical (unpaired) electrons. The molecule has 0 bridgehead atoms. The van der Waals surface area contributed by atoms with Gasteiger partial charge >= 0.3 is 0 Å². The van der Waals surface area contributed by atoms with Gasteiger partial charge in [0.25, 0.3) is 0 Å². The van der Waals surface area contributed by atoms with Crippen molar-refractivity contribution < 1.29 is 123 Å². The number of ketones is 1. The Kier molecular flexibility index (Phi) is 73.7. The first-order chi connectivity index (χ1) is 46.0. The van der Waals surface area contributed by atoms with Gasteiger partial charge < -0.3 is 118 Å². The summed E-state index contributed by atoms with van der Waals surface area (Å²) in [6.45, 7) is 33.4. The average Bonchev–Trinajstić information content (AvgIpc) is 3.61. The maximum atomic E-state index is 11.5. The van der Waals surface area contributed by atoms with E-state index in [1.165, 1.54) is 12.8 Å². The van der Waals surface area contributed by atoms with Gasteiger partial charge in [-0.25, -0.2) is 0 Å². The quantitative estimate of drug-likeness (QED) is 0.0842. The van der Waals surface area contributed by atoms with Crippen LogP contribution in [0.3, 0.4) is 0 Å².